The molecule has 0 aliphatic rings. The van der Waals surface area contributed by atoms with Crippen molar-refractivity contribution >= 4 is 16.8 Å². The second-order valence-electron chi connectivity index (χ2n) is 5.50. The van der Waals surface area contributed by atoms with Gasteiger partial charge in [0, 0.05) is 10.9 Å². The number of nitrogens with zero attached hydrogens (tertiary/aromatic N) is 1. The van der Waals surface area contributed by atoms with Crippen LogP contribution >= 0.6 is 0 Å². The van der Waals surface area contributed by atoms with E-state index in [4.69, 9.17) is 0 Å². The summed E-state index contributed by atoms with van der Waals surface area (Å²) in [5.74, 6) is -0.0278. The van der Waals surface area contributed by atoms with Crippen LogP contribution in [0, 0.1) is 0 Å². The van der Waals surface area contributed by atoms with Crippen molar-refractivity contribution < 1.29 is 33.3 Å². The normalized spacial score (nSPS) is 11.2. The molecule has 1 aromatic heterocycles. The standard InChI is InChI=1S/C16H23N3O.HI/c1-4-19(3,5-2)11-10-17-16(20)15-12-13-8-6-7-9-14(13)18-15;/h6-9,12H,4-5,10-11H2,1-3H3,(H-,17,18,20);1H. The number of hydrogen-bond donors (Lipinski definition) is 2. The molecule has 0 aliphatic carbocycles. The number of aromatic amines is 1. The van der Waals surface area contributed by atoms with E-state index in [0.717, 1.165) is 35.0 Å². The average Bonchev–Trinajstić information content (AvgIpc) is 2.91. The topological polar surface area (TPSA) is 44.9 Å². The SMILES string of the molecule is CC[N+](C)(CC)CCNC(=O)c1cc2ccccc2[nH]1.[I-]. The van der Waals surface area contributed by atoms with Gasteiger partial charge < -0.3 is 38.8 Å². The van der Waals surface area contributed by atoms with Gasteiger partial charge in [-0.2, -0.15) is 0 Å². The highest BCUT2D eigenvalue weighted by Crippen LogP contribution is 2.14. The summed E-state index contributed by atoms with van der Waals surface area (Å²) in [6.07, 6.45) is 0. The Balaban J connectivity index is 0.00000220. The molecular formula is C16H24IN3O. The Morgan fingerprint density at radius 2 is 1.90 bits per heavy atom. The molecule has 0 saturated carbocycles. The van der Waals surface area contributed by atoms with Crippen molar-refractivity contribution in [3.05, 3.63) is 36.0 Å². The molecule has 0 fully saturated rings. The first-order chi connectivity index (χ1) is 9.58. The highest BCUT2D eigenvalue weighted by Gasteiger charge is 2.16. The van der Waals surface area contributed by atoms with Gasteiger partial charge in [0.25, 0.3) is 5.91 Å². The van der Waals surface area contributed by atoms with Gasteiger partial charge in [-0.05, 0) is 26.0 Å². The average molecular weight is 401 g/mol. The molecule has 0 spiro atoms. The lowest BCUT2D eigenvalue weighted by Gasteiger charge is -2.32. The van der Waals surface area contributed by atoms with Crippen molar-refractivity contribution in [1.29, 1.82) is 0 Å². The highest BCUT2D eigenvalue weighted by atomic mass is 127. The minimum Gasteiger partial charge on any atom is -1.00 e. The predicted octanol–water partition coefficient (Wildman–Crippen LogP) is -0.612. The van der Waals surface area contributed by atoms with E-state index < -0.39 is 0 Å². The fourth-order valence-corrected chi connectivity index (χ4v) is 2.27. The molecule has 0 bridgehead atoms. The molecule has 5 heteroatoms. The number of carbonyl (C=O) groups is 1. The van der Waals surface area contributed by atoms with Gasteiger partial charge in [-0.3, -0.25) is 4.79 Å². The number of fused-ring (bicyclic) bond motifs is 1. The molecule has 21 heavy (non-hydrogen) atoms. The number of aromatic nitrogens is 1. The van der Waals surface area contributed by atoms with Crippen molar-refractivity contribution in [3.8, 4) is 0 Å². The zero-order valence-corrected chi connectivity index (χ0v) is 15.1. The fraction of sp³-hybridized carbons (Fsp3) is 0.438. The van der Waals surface area contributed by atoms with Crippen LogP contribution in [0.2, 0.25) is 0 Å². The Morgan fingerprint density at radius 3 is 2.52 bits per heavy atom. The lowest BCUT2D eigenvalue weighted by atomic mass is 10.2. The van der Waals surface area contributed by atoms with Crippen LogP contribution in [0.25, 0.3) is 10.9 Å². The van der Waals surface area contributed by atoms with E-state index in [-0.39, 0.29) is 29.9 Å². The third-order valence-electron chi connectivity index (χ3n) is 4.24. The Labute approximate surface area is 143 Å². The van der Waals surface area contributed by atoms with Crippen molar-refractivity contribution in [2.24, 2.45) is 0 Å². The van der Waals surface area contributed by atoms with E-state index >= 15 is 0 Å². The molecule has 1 heterocycles. The summed E-state index contributed by atoms with van der Waals surface area (Å²) in [5, 5.41) is 4.07. The van der Waals surface area contributed by atoms with Crippen LogP contribution in [0.4, 0.5) is 0 Å². The molecule has 2 N–H and O–H groups in total. The van der Waals surface area contributed by atoms with Crippen LogP contribution in [0.15, 0.2) is 30.3 Å². The summed E-state index contributed by atoms with van der Waals surface area (Å²) >= 11 is 0. The van der Waals surface area contributed by atoms with Gasteiger partial charge in [0.05, 0.1) is 33.2 Å². The van der Waals surface area contributed by atoms with Crippen molar-refractivity contribution in [3.63, 3.8) is 0 Å². The molecule has 2 rings (SSSR count). The smallest absolute Gasteiger partial charge is 0.267 e. The Kier molecular flexibility index (Phi) is 6.67. The third-order valence-corrected chi connectivity index (χ3v) is 4.24. The number of H-pyrrole nitrogens is 1. The number of halogens is 1. The number of hydrogen-bond acceptors (Lipinski definition) is 1. The summed E-state index contributed by atoms with van der Waals surface area (Å²) < 4.78 is 0.979. The fourth-order valence-electron chi connectivity index (χ4n) is 2.27. The van der Waals surface area contributed by atoms with E-state index in [2.05, 4.69) is 31.2 Å². The number of quaternary nitrogens is 1. The van der Waals surface area contributed by atoms with Crippen LogP contribution < -0.4 is 29.3 Å². The van der Waals surface area contributed by atoms with Crippen molar-refractivity contribution in [1.82, 2.24) is 10.3 Å². The summed E-state index contributed by atoms with van der Waals surface area (Å²) in [6, 6.07) is 9.83. The van der Waals surface area contributed by atoms with Crippen LogP contribution in [-0.2, 0) is 0 Å². The number of amides is 1. The first-order valence-corrected chi connectivity index (χ1v) is 7.27. The van der Waals surface area contributed by atoms with Crippen molar-refractivity contribution in [2.75, 3.05) is 33.2 Å². The van der Waals surface area contributed by atoms with Crippen molar-refractivity contribution in [2.45, 2.75) is 13.8 Å². The van der Waals surface area contributed by atoms with Gasteiger partial charge in [-0.25, -0.2) is 0 Å². The minimum absolute atomic E-state index is 0. The molecule has 0 atom stereocenters. The first kappa shape index (κ1) is 18.0. The van der Waals surface area contributed by atoms with Crippen LogP contribution in [0.5, 0.6) is 0 Å². The molecular weight excluding hydrogens is 377 g/mol. The number of rotatable bonds is 6. The van der Waals surface area contributed by atoms with Crippen LogP contribution in [0.3, 0.4) is 0 Å². The maximum Gasteiger partial charge on any atom is 0.267 e. The monoisotopic (exact) mass is 401 g/mol. The zero-order valence-electron chi connectivity index (χ0n) is 12.9. The molecule has 0 aliphatic heterocycles. The summed E-state index contributed by atoms with van der Waals surface area (Å²) in [7, 11) is 2.22. The predicted molar refractivity (Wildman–Crippen MR) is 82.8 cm³/mol. The van der Waals surface area contributed by atoms with E-state index in [1.807, 2.05) is 30.3 Å². The number of benzene rings is 1. The summed E-state index contributed by atoms with van der Waals surface area (Å²) in [6.45, 7) is 8.19. The molecule has 1 aromatic carbocycles. The number of likely N-dealkylation sites (N-methyl/N-ethyl adjacent to an activating group) is 1. The largest absolute Gasteiger partial charge is 1.00 e. The number of nitrogens with one attached hydrogen (secondary N) is 2. The van der Waals surface area contributed by atoms with Crippen LogP contribution in [0.1, 0.15) is 24.3 Å². The zero-order chi connectivity index (χ0) is 14.6. The van der Waals surface area contributed by atoms with Gasteiger partial charge in [-0.15, -0.1) is 0 Å². The molecule has 116 valence electrons. The van der Waals surface area contributed by atoms with Gasteiger partial charge in [0.15, 0.2) is 0 Å². The van der Waals surface area contributed by atoms with E-state index in [1.54, 1.807) is 0 Å². The van der Waals surface area contributed by atoms with Gasteiger partial charge in [0.1, 0.15) is 5.69 Å². The highest BCUT2D eigenvalue weighted by molar-refractivity contribution is 5.97. The summed E-state index contributed by atoms with van der Waals surface area (Å²) in [5.41, 5.74) is 1.63. The Hall–Kier alpha value is -1.08. The maximum absolute atomic E-state index is 12.1. The van der Waals surface area contributed by atoms with Gasteiger partial charge in [0.2, 0.25) is 0 Å². The second kappa shape index (κ2) is 7.79. The van der Waals surface area contributed by atoms with Gasteiger partial charge >= 0.3 is 0 Å². The third kappa shape index (κ3) is 4.44. The molecule has 4 nitrogen and oxygen atoms in total. The van der Waals surface area contributed by atoms with Crippen LogP contribution in [-0.4, -0.2) is 48.6 Å². The van der Waals surface area contributed by atoms with E-state index in [0.29, 0.717) is 12.2 Å². The lowest BCUT2D eigenvalue weighted by molar-refractivity contribution is -0.904. The van der Waals surface area contributed by atoms with E-state index in [1.165, 1.54) is 0 Å². The lowest BCUT2D eigenvalue weighted by Crippen LogP contribution is -3.00. The Bertz CT molecular complexity index is 557. The quantitative estimate of drug-likeness (QED) is 0.493. The number of carbonyl (C=O) groups excluding carboxylic acids is 1. The molecule has 0 unspecified atom stereocenters. The first-order valence-electron chi connectivity index (χ1n) is 7.27. The maximum atomic E-state index is 12.1. The number of para-hydroxylation sites is 1. The molecule has 0 radical (unpaired) electrons. The van der Waals surface area contributed by atoms with Gasteiger partial charge in [-0.1, -0.05) is 18.2 Å². The molecule has 0 saturated heterocycles. The summed E-state index contributed by atoms with van der Waals surface area (Å²) in [4.78, 5) is 15.3. The molecule has 1 amide bonds. The minimum atomic E-state index is -0.0278. The van der Waals surface area contributed by atoms with E-state index in [9.17, 15) is 4.79 Å². The molecule has 2 aromatic rings. The Morgan fingerprint density at radius 1 is 1.24 bits per heavy atom. The second-order valence-corrected chi connectivity index (χ2v) is 5.50.